The molecule has 0 unspecified atom stereocenters. The number of aliphatic hydroxyl groups excluding tert-OH is 1. The highest BCUT2D eigenvalue weighted by molar-refractivity contribution is 7.62. The van der Waals surface area contributed by atoms with Crippen molar-refractivity contribution < 1.29 is 14.4 Å². The molecular weight excluding hydrogens is 162 g/mol. The van der Waals surface area contributed by atoms with Gasteiger partial charge in [-0.15, -0.1) is 0 Å². The van der Waals surface area contributed by atoms with Crippen molar-refractivity contribution in [3.63, 3.8) is 0 Å². The molecule has 0 amide bonds. The highest BCUT2D eigenvalue weighted by Crippen LogP contribution is 2.35. The smallest absolute Gasteiger partial charge is 0.106 e. The first-order valence-electron chi connectivity index (χ1n) is 3.76. The Kier molecular flexibility index (Phi) is 5.06. The average Bonchev–Trinajstić information content (AvgIpc) is 1.88. The van der Waals surface area contributed by atoms with Crippen LogP contribution in [0.2, 0.25) is 6.32 Å². The van der Waals surface area contributed by atoms with Crippen LogP contribution in [-0.4, -0.2) is 45.3 Å². The van der Waals surface area contributed by atoms with Gasteiger partial charge in [0.15, 0.2) is 0 Å². The van der Waals surface area contributed by atoms with E-state index in [4.69, 9.17) is 9.84 Å². The second-order valence-corrected chi connectivity index (χ2v) is 6.49. The van der Waals surface area contributed by atoms with Crippen molar-refractivity contribution >= 4 is 15.0 Å². The summed E-state index contributed by atoms with van der Waals surface area (Å²) >= 11 is 0. The molecule has 5 heteroatoms. The van der Waals surface area contributed by atoms with Crippen LogP contribution in [0.1, 0.15) is 0 Å². The van der Waals surface area contributed by atoms with E-state index in [1.54, 1.807) is 13.3 Å². The molecular formula is C6H16BO3P. The van der Waals surface area contributed by atoms with E-state index in [1.807, 2.05) is 7.85 Å². The average molecular weight is 178 g/mol. The van der Waals surface area contributed by atoms with E-state index >= 15 is 0 Å². The van der Waals surface area contributed by atoms with E-state index in [2.05, 4.69) is 0 Å². The molecule has 0 spiro atoms. The van der Waals surface area contributed by atoms with Gasteiger partial charge in [-0.1, -0.05) is 6.32 Å². The summed E-state index contributed by atoms with van der Waals surface area (Å²) in [4.78, 5) is 0. The summed E-state index contributed by atoms with van der Waals surface area (Å²) in [6.07, 6.45) is 0.881. The molecule has 0 aromatic heterocycles. The normalized spacial score (nSPS) is 14.8. The van der Waals surface area contributed by atoms with Crippen LogP contribution in [0.3, 0.4) is 0 Å². The molecule has 11 heavy (non-hydrogen) atoms. The quantitative estimate of drug-likeness (QED) is 0.475. The monoisotopic (exact) mass is 178 g/mol. The highest BCUT2D eigenvalue weighted by Gasteiger charge is 2.11. The lowest BCUT2D eigenvalue weighted by atomic mass is 10.0. The Morgan fingerprint density at radius 2 is 2.18 bits per heavy atom. The fraction of sp³-hybridized carbons (Fsp3) is 1.00. The number of aliphatic hydroxyl groups is 1. The van der Waals surface area contributed by atoms with Gasteiger partial charge in [0.2, 0.25) is 0 Å². The molecule has 0 rings (SSSR count). The lowest BCUT2D eigenvalue weighted by Crippen LogP contribution is -2.17. The van der Waals surface area contributed by atoms with Crippen LogP contribution in [0.25, 0.3) is 0 Å². The number of ether oxygens (including phenoxy) is 1. The van der Waals surface area contributed by atoms with Gasteiger partial charge in [0.25, 0.3) is 0 Å². The maximum Gasteiger partial charge on any atom is 0.106 e. The van der Waals surface area contributed by atoms with Gasteiger partial charge in [-0.3, -0.25) is 0 Å². The summed E-state index contributed by atoms with van der Waals surface area (Å²) in [6, 6.07) is 0. The SMILES string of the molecule is BC[C@@H](CO)OCP(C)(C)=O. The second-order valence-electron chi connectivity index (χ2n) is 3.08. The largest absolute Gasteiger partial charge is 0.394 e. The minimum atomic E-state index is -2.08. The molecule has 0 aliphatic rings. The van der Waals surface area contributed by atoms with Gasteiger partial charge >= 0.3 is 0 Å². The van der Waals surface area contributed by atoms with E-state index in [0.29, 0.717) is 0 Å². The fourth-order valence-corrected chi connectivity index (χ4v) is 1.15. The van der Waals surface area contributed by atoms with Gasteiger partial charge in [0.1, 0.15) is 15.0 Å². The summed E-state index contributed by atoms with van der Waals surface area (Å²) in [6.45, 7) is 3.37. The van der Waals surface area contributed by atoms with Crippen molar-refractivity contribution in [3.05, 3.63) is 0 Å². The number of hydrogen-bond donors (Lipinski definition) is 1. The standard InChI is InChI=1S/C6H16BO3P/c1-11(2,9)5-10-6(3-7)4-8/h6,8H,3-5,7H2,1-2H3/t6-/m0/s1. The Morgan fingerprint density at radius 3 is 2.45 bits per heavy atom. The third kappa shape index (κ3) is 6.61. The van der Waals surface area contributed by atoms with Crippen LogP contribution in [0.15, 0.2) is 0 Å². The molecule has 0 aliphatic heterocycles. The summed E-state index contributed by atoms with van der Waals surface area (Å²) in [5, 5.41) is 8.71. The minimum Gasteiger partial charge on any atom is -0.394 e. The molecule has 1 atom stereocenters. The van der Waals surface area contributed by atoms with Crippen LogP contribution in [0.4, 0.5) is 0 Å². The lowest BCUT2D eigenvalue weighted by molar-refractivity contribution is 0.0503. The van der Waals surface area contributed by atoms with Crippen LogP contribution in [0, 0.1) is 0 Å². The van der Waals surface area contributed by atoms with E-state index < -0.39 is 7.14 Å². The zero-order chi connectivity index (χ0) is 8.91. The van der Waals surface area contributed by atoms with Crippen LogP contribution in [0.5, 0.6) is 0 Å². The van der Waals surface area contributed by atoms with Crippen molar-refractivity contribution in [1.29, 1.82) is 0 Å². The van der Waals surface area contributed by atoms with E-state index in [-0.39, 0.29) is 19.1 Å². The summed E-state index contributed by atoms with van der Waals surface area (Å²) in [5.41, 5.74) is 0. The molecule has 3 nitrogen and oxygen atoms in total. The second kappa shape index (κ2) is 4.97. The molecule has 0 aromatic carbocycles. The molecule has 0 saturated carbocycles. The Hall–Kier alpha value is 0.215. The first-order valence-corrected chi connectivity index (χ1v) is 6.54. The van der Waals surface area contributed by atoms with Gasteiger partial charge in [0.05, 0.1) is 19.1 Å². The maximum atomic E-state index is 11.1. The zero-order valence-electron chi connectivity index (χ0n) is 7.41. The molecule has 0 fully saturated rings. The number of rotatable bonds is 5. The highest BCUT2D eigenvalue weighted by atomic mass is 31.2. The van der Waals surface area contributed by atoms with Gasteiger partial charge < -0.3 is 14.4 Å². The van der Waals surface area contributed by atoms with E-state index in [1.165, 1.54) is 0 Å². The van der Waals surface area contributed by atoms with Gasteiger partial charge in [0, 0.05) is 0 Å². The topological polar surface area (TPSA) is 46.5 Å². The maximum absolute atomic E-state index is 11.1. The predicted molar refractivity (Wildman–Crippen MR) is 49.6 cm³/mol. The molecule has 1 N–H and O–H groups in total. The van der Waals surface area contributed by atoms with Crippen LogP contribution in [-0.2, 0) is 9.30 Å². The Labute approximate surface area is 68.9 Å². The van der Waals surface area contributed by atoms with Gasteiger partial charge in [-0.25, -0.2) is 0 Å². The van der Waals surface area contributed by atoms with Crippen LogP contribution < -0.4 is 0 Å². The summed E-state index contributed by atoms with van der Waals surface area (Å²) in [5.74, 6) is 0. The predicted octanol–water partition coefficient (Wildman–Crippen LogP) is -0.00450. The van der Waals surface area contributed by atoms with E-state index in [0.717, 1.165) is 6.32 Å². The third-order valence-corrected chi connectivity index (χ3v) is 2.05. The molecule has 0 radical (unpaired) electrons. The van der Waals surface area contributed by atoms with Crippen molar-refractivity contribution in [3.8, 4) is 0 Å². The van der Waals surface area contributed by atoms with Crippen molar-refractivity contribution in [2.75, 3.05) is 26.3 Å². The Bertz CT molecular complexity index is 141. The third-order valence-electron chi connectivity index (χ3n) is 1.28. The van der Waals surface area contributed by atoms with Crippen molar-refractivity contribution in [2.45, 2.75) is 12.4 Å². The minimum absolute atomic E-state index is 0.0104. The molecule has 0 aromatic rings. The Balaban J connectivity index is 3.59. The molecule has 0 saturated heterocycles. The molecule has 0 heterocycles. The van der Waals surface area contributed by atoms with Gasteiger partial charge in [-0.05, 0) is 13.3 Å². The fourth-order valence-electron chi connectivity index (χ4n) is 0.585. The number of hydrogen-bond acceptors (Lipinski definition) is 3. The zero-order valence-corrected chi connectivity index (χ0v) is 8.30. The van der Waals surface area contributed by atoms with Crippen molar-refractivity contribution in [1.82, 2.24) is 0 Å². The van der Waals surface area contributed by atoms with Gasteiger partial charge in [-0.2, -0.15) is 0 Å². The summed E-state index contributed by atoms with van der Waals surface area (Å²) < 4.78 is 16.3. The van der Waals surface area contributed by atoms with Crippen molar-refractivity contribution in [2.24, 2.45) is 0 Å². The summed E-state index contributed by atoms with van der Waals surface area (Å²) in [7, 11) is -0.152. The first kappa shape index (κ1) is 11.2. The Morgan fingerprint density at radius 1 is 1.64 bits per heavy atom. The lowest BCUT2D eigenvalue weighted by Gasteiger charge is -2.14. The van der Waals surface area contributed by atoms with Crippen LogP contribution >= 0.6 is 7.14 Å². The molecule has 0 aliphatic carbocycles. The molecule has 0 bridgehead atoms. The van der Waals surface area contributed by atoms with E-state index in [9.17, 15) is 4.57 Å². The first-order chi connectivity index (χ1) is 4.99. The molecule has 66 valence electrons.